The number of amides is 3. The van der Waals surface area contributed by atoms with Gasteiger partial charge in [0.25, 0.3) is 23.4 Å². The lowest BCUT2D eigenvalue weighted by Crippen LogP contribution is -2.41. The predicted molar refractivity (Wildman–Crippen MR) is 101 cm³/mol. The molecule has 0 saturated heterocycles. The molecule has 0 aliphatic rings. The van der Waals surface area contributed by atoms with Gasteiger partial charge in [0, 0.05) is 28.9 Å². The van der Waals surface area contributed by atoms with E-state index in [2.05, 4.69) is 16.2 Å². The molecule has 0 spiro atoms. The molecule has 10 heteroatoms. The Morgan fingerprint density at radius 2 is 1.34 bits per heavy atom. The van der Waals surface area contributed by atoms with E-state index in [0.717, 1.165) is 0 Å². The predicted octanol–water partition coefficient (Wildman–Crippen LogP) is 2.51. The summed E-state index contributed by atoms with van der Waals surface area (Å²) in [5, 5.41) is 13.2. The number of rotatable bonds is 5. The van der Waals surface area contributed by atoms with Crippen LogP contribution < -0.4 is 16.2 Å². The van der Waals surface area contributed by atoms with Gasteiger partial charge in [0.1, 0.15) is 0 Å². The van der Waals surface area contributed by atoms with Crippen LogP contribution in [0.4, 0.5) is 11.4 Å². The van der Waals surface area contributed by atoms with Crippen LogP contribution in [-0.2, 0) is 0 Å². The Labute approximate surface area is 163 Å². The van der Waals surface area contributed by atoms with Crippen molar-refractivity contribution in [3.8, 4) is 0 Å². The first kappa shape index (κ1) is 19.3. The van der Waals surface area contributed by atoms with Crippen molar-refractivity contribution in [3.63, 3.8) is 0 Å². The van der Waals surface area contributed by atoms with E-state index in [9.17, 15) is 24.5 Å². The number of nitro benzene ring substituents is 1. The van der Waals surface area contributed by atoms with Crippen LogP contribution in [0.3, 0.4) is 0 Å². The first-order chi connectivity index (χ1) is 13.9. The molecule has 0 saturated carbocycles. The average Bonchev–Trinajstić information content (AvgIpc) is 3.27. The zero-order chi connectivity index (χ0) is 20.8. The number of hydrogen-bond donors (Lipinski definition) is 3. The summed E-state index contributed by atoms with van der Waals surface area (Å²) in [4.78, 5) is 46.1. The second-order valence-corrected chi connectivity index (χ2v) is 5.72. The summed E-state index contributed by atoms with van der Waals surface area (Å²) in [5.41, 5.74) is 5.16. The number of nitro groups is 1. The van der Waals surface area contributed by atoms with E-state index >= 15 is 0 Å². The average molecular weight is 394 g/mol. The maximum Gasteiger partial charge on any atom is 0.291 e. The summed E-state index contributed by atoms with van der Waals surface area (Å²) in [7, 11) is 0. The highest BCUT2D eigenvalue weighted by Crippen LogP contribution is 2.13. The minimum Gasteiger partial charge on any atom is -0.459 e. The van der Waals surface area contributed by atoms with Crippen molar-refractivity contribution >= 4 is 29.1 Å². The van der Waals surface area contributed by atoms with E-state index in [1.54, 1.807) is 6.07 Å². The third kappa shape index (κ3) is 4.83. The molecule has 1 heterocycles. The highest BCUT2D eigenvalue weighted by atomic mass is 16.6. The van der Waals surface area contributed by atoms with Crippen molar-refractivity contribution in [1.82, 2.24) is 10.9 Å². The van der Waals surface area contributed by atoms with Gasteiger partial charge in [-0.1, -0.05) is 0 Å². The van der Waals surface area contributed by atoms with Crippen LogP contribution in [0.25, 0.3) is 0 Å². The first-order valence-corrected chi connectivity index (χ1v) is 8.24. The molecule has 0 atom stereocenters. The third-order valence-corrected chi connectivity index (χ3v) is 3.78. The normalized spacial score (nSPS) is 10.1. The van der Waals surface area contributed by atoms with Gasteiger partial charge in [-0.2, -0.15) is 0 Å². The molecular formula is C19H14N4O6. The van der Waals surface area contributed by atoms with Gasteiger partial charge < -0.3 is 9.73 Å². The van der Waals surface area contributed by atoms with Gasteiger partial charge in [-0.25, -0.2) is 0 Å². The monoisotopic (exact) mass is 394 g/mol. The number of nitrogens with zero attached hydrogens (tertiary/aromatic N) is 1. The highest BCUT2D eigenvalue weighted by Gasteiger charge is 2.12. The molecule has 0 unspecified atom stereocenters. The topological polar surface area (TPSA) is 144 Å². The third-order valence-electron chi connectivity index (χ3n) is 3.78. The van der Waals surface area contributed by atoms with E-state index in [4.69, 9.17) is 4.42 Å². The minimum absolute atomic E-state index is 0.145. The first-order valence-electron chi connectivity index (χ1n) is 8.24. The van der Waals surface area contributed by atoms with Crippen LogP contribution in [0.1, 0.15) is 31.3 Å². The summed E-state index contributed by atoms with van der Waals surface area (Å²) >= 11 is 0. The molecule has 10 nitrogen and oxygen atoms in total. The van der Waals surface area contributed by atoms with Gasteiger partial charge in [0.05, 0.1) is 11.2 Å². The Balaban J connectivity index is 1.54. The van der Waals surface area contributed by atoms with Crippen LogP contribution in [0.15, 0.2) is 71.3 Å². The number of benzene rings is 2. The zero-order valence-electron chi connectivity index (χ0n) is 14.7. The SMILES string of the molecule is O=C(NNC(=O)c1ccc([N+](=O)[O-])cc1)c1ccc(NC(=O)c2ccco2)cc1. The molecule has 3 rings (SSSR count). The Hall–Kier alpha value is -4.47. The van der Waals surface area contributed by atoms with E-state index in [1.807, 2.05) is 0 Å². The quantitative estimate of drug-likeness (QED) is 0.448. The van der Waals surface area contributed by atoms with Gasteiger partial charge in [-0.3, -0.25) is 35.3 Å². The maximum absolute atomic E-state index is 12.1. The molecule has 3 N–H and O–H groups in total. The molecular weight excluding hydrogens is 380 g/mol. The van der Waals surface area contributed by atoms with E-state index in [-0.39, 0.29) is 22.6 Å². The standard InChI is InChI=1S/C19H14N4O6/c24-17(21-22-18(25)13-5-9-15(10-6-13)23(27)28)12-3-7-14(8-4-12)20-19(26)16-2-1-11-29-16/h1-11H,(H,20,26)(H,21,24)(H,22,25). The number of furan rings is 1. The molecule has 0 aliphatic heterocycles. The van der Waals surface area contributed by atoms with Crippen molar-refractivity contribution in [3.05, 3.63) is 93.9 Å². The molecule has 3 aromatic rings. The molecule has 0 bridgehead atoms. The number of carbonyl (C=O) groups is 3. The summed E-state index contributed by atoms with van der Waals surface area (Å²) in [6.07, 6.45) is 1.38. The van der Waals surface area contributed by atoms with Crippen LogP contribution in [0.2, 0.25) is 0 Å². The lowest BCUT2D eigenvalue weighted by molar-refractivity contribution is -0.384. The molecule has 146 valence electrons. The molecule has 0 radical (unpaired) electrons. The summed E-state index contributed by atoms with van der Waals surface area (Å²) in [6.45, 7) is 0. The molecule has 0 fully saturated rings. The second-order valence-electron chi connectivity index (χ2n) is 5.72. The van der Waals surface area contributed by atoms with Gasteiger partial charge in [-0.05, 0) is 48.5 Å². The maximum atomic E-state index is 12.1. The number of nitrogens with one attached hydrogen (secondary N) is 3. The Kier molecular flexibility index (Phi) is 5.64. The van der Waals surface area contributed by atoms with Crippen molar-refractivity contribution < 1.29 is 23.7 Å². The Morgan fingerprint density at radius 1 is 0.793 bits per heavy atom. The van der Waals surface area contributed by atoms with Crippen LogP contribution in [0.5, 0.6) is 0 Å². The van der Waals surface area contributed by atoms with Crippen LogP contribution in [-0.4, -0.2) is 22.6 Å². The Bertz CT molecular complexity index is 1040. The molecule has 3 amide bonds. The van der Waals surface area contributed by atoms with Crippen LogP contribution >= 0.6 is 0 Å². The fraction of sp³-hybridized carbons (Fsp3) is 0. The van der Waals surface area contributed by atoms with E-state index in [1.165, 1.54) is 60.9 Å². The number of non-ortho nitro benzene ring substituents is 1. The van der Waals surface area contributed by atoms with Crippen molar-refractivity contribution in [2.75, 3.05) is 5.32 Å². The summed E-state index contributed by atoms with van der Waals surface area (Å²) in [5.74, 6) is -1.48. The van der Waals surface area contributed by atoms with Gasteiger partial charge in [0.15, 0.2) is 5.76 Å². The van der Waals surface area contributed by atoms with Crippen molar-refractivity contribution in [2.24, 2.45) is 0 Å². The van der Waals surface area contributed by atoms with Gasteiger partial charge in [0.2, 0.25) is 0 Å². The number of anilines is 1. The molecule has 29 heavy (non-hydrogen) atoms. The fourth-order valence-electron chi connectivity index (χ4n) is 2.30. The van der Waals surface area contributed by atoms with Crippen molar-refractivity contribution in [2.45, 2.75) is 0 Å². The van der Waals surface area contributed by atoms with E-state index in [0.29, 0.717) is 5.69 Å². The number of carbonyl (C=O) groups excluding carboxylic acids is 3. The van der Waals surface area contributed by atoms with Gasteiger partial charge in [-0.15, -0.1) is 0 Å². The van der Waals surface area contributed by atoms with Crippen molar-refractivity contribution in [1.29, 1.82) is 0 Å². The molecule has 2 aromatic carbocycles. The minimum atomic E-state index is -0.629. The van der Waals surface area contributed by atoms with Gasteiger partial charge >= 0.3 is 0 Å². The van der Waals surface area contributed by atoms with Crippen LogP contribution in [0, 0.1) is 10.1 Å². The van der Waals surface area contributed by atoms with E-state index < -0.39 is 22.6 Å². The summed E-state index contributed by atoms with van der Waals surface area (Å²) < 4.78 is 4.99. The largest absolute Gasteiger partial charge is 0.459 e. The highest BCUT2D eigenvalue weighted by molar-refractivity contribution is 6.03. The second kappa shape index (κ2) is 8.48. The Morgan fingerprint density at radius 3 is 1.83 bits per heavy atom. The molecule has 0 aliphatic carbocycles. The lowest BCUT2D eigenvalue weighted by atomic mass is 10.2. The molecule has 1 aromatic heterocycles. The zero-order valence-corrected chi connectivity index (χ0v) is 14.7. The number of hydrazine groups is 1. The fourth-order valence-corrected chi connectivity index (χ4v) is 2.30. The number of hydrogen-bond acceptors (Lipinski definition) is 6. The smallest absolute Gasteiger partial charge is 0.291 e. The lowest BCUT2D eigenvalue weighted by Gasteiger charge is -2.08. The summed E-state index contributed by atoms with van der Waals surface area (Å²) in [6, 6.07) is 14.0.